The summed E-state index contributed by atoms with van der Waals surface area (Å²) in [6.07, 6.45) is -10.2. The van der Waals surface area contributed by atoms with E-state index in [9.17, 15) is 52.7 Å². The fourth-order valence-electron chi connectivity index (χ4n) is 5.34. The molecule has 0 fully saturated rings. The van der Waals surface area contributed by atoms with Crippen molar-refractivity contribution in [3.63, 3.8) is 0 Å². The normalized spacial score (nSPS) is 11.7. The quantitative estimate of drug-likeness (QED) is 0.0938. The number of fused-ring (bicyclic) bond motifs is 2. The molecule has 0 unspecified atom stereocenters. The van der Waals surface area contributed by atoms with E-state index < -0.39 is 47.0 Å². The Balaban J connectivity index is 0.000000314. The first-order valence-corrected chi connectivity index (χ1v) is 16.7. The molecule has 0 heterocycles. The van der Waals surface area contributed by atoms with Crippen molar-refractivity contribution in [3.05, 3.63) is 138 Å². The minimum Gasteiger partial charge on any atom is -0.533 e. The second-order valence-electron chi connectivity index (χ2n) is 11.4. The molecule has 0 aliphatic carbocycles. The third kappa shape index (κ3) is 12.1. The molecule has 0 N–H and O–H groups in total. The average molecular weight is 947 g/mol. The van der Waals surface area contributed by atoms with E-state index in [0.717, 1.165) is 35.0 Å². The summed E-state index contributed by atoms with van der Waals surface area (Å²) in [7, 11) is 1.36. The Labute approximate surface area is 326 Å². The van der Waals surface area contributed by atoms with Crippen molar-refractivity contribution in [2.24, 2.45) is 0 Å². The molecular formula is C40H32F12HfSi. The molecule has 0 saturated carbocycles. The average Bonchev–Trinajstić information content (AvgIpc) is 3.78. The van der Waals surface area contributed by atoms with E-state index in [1.807, 2.05) is 0 Å². The monoisotopic (exact) mass is 948 g/mol. The molecule has 0 aromatic heterocycles. The SMILES string of the molecule is CC[CH-]CC.FC(F)(F)c1cc(-c2cccc3[cH-]ccc23)cc(C(F)(F)F)c1.FC(F)(F)c1cc(-c2cccc3[cH-]ccc23)cc(C(F)(F)F)c1.[CH-]=[SiH2].[Hf+4]. The van der Waals surface area contributed by atoms with Crippen molar-refractivity contribution in [3.8, 4) is 22.3 Å². The third-order valence-electron chi connectivity index (χ3n) is 7.73. The van der Waals surface area contributed by atoms with Crippen LogP contribution < -0.4 is 0 Å². The van der Waals surface area contributed by atoms with Gasteiger partial charge in [0, 0.05) is 0 Å². The summed E-state index contributed by atoms with van der Waals surface area (Å²) in [5, 5.41) is 2.74. The largest absolute Gasteiger partial charge is 4.00 e. The van der Waals surface area contributed by atoms with Crippen LogP contribution in [0.2, 0.25) is 0 Å². The van der Waals surface area contributed by atoms with Gasteiger partial charge in [-0.3, -0.25) is 0 Å². The van der Waals surface area contributed by atoms with Crippen LogP contribution in [0.1, 0.15) is 48.9 Å². The maximum absolute atomic E-state index is 12.9. The van der Waals surface area contributed by atoms with Gasteiger partial charge < -0.3 is 12.6 Å². The first kappa shape index (κ1) is 46.4. The van der Waals surface area contributed by atoms with Crippen molar-refractivity contribution in [2.75, 3.05) is 0 Å². The van der Waals surface area contributed by atoms with E-state index in [1.165, 1.54) is 34.8 Å². The fraction of sp³-hybridized carbons (Fsp3) is 0.200. The first-order valence-electron chi connectivity index (χ1n) is 15.8. The number of hydrogen-bond acceptors (Lipinski definition) is 0. The fourth-order valence-corrected chi connectivity index (χ4v) is 5.34. The van der Waals surface area contributed by atoms with Crippen molar-refractivity contribution >= 4 is 37.6 Å². The summed E-state index contributed by atoms with van der Waals surface area (Å²) in [4.78, 5) is 0. The summed E-state index contributed by atoms with van der Waals surface area (Å²) in [6, 6.07) is 23.2. The summed E-state index contributed by atoms with van der Waals surface area (Å²) in [6.45, 7) is 4.31. The second-order valence-corrected chi connectivity index (χ2v) is 11.4. The molecule has 6 rings (SSSR count). The van der Waals surface area contributed by atoms with Crippen LogP contribution in [0.25, 0.3) is 43.8 Å². The van der Waals surface area contributed by atoms with Gasteiger partial charge in [0.15, 0.2) is 0 Å². The molecule has 54 heavy (non-hydrogen) atoms. The van der Waals surface area contributed by atoms with E-state index in [2.05, 4.69) is 26.4 Å². The standard InChI is InChI=1S/2C17H9F6.C5H11.CH3Si.Hf/c2*18-16(19,20)12-7-11(8-13(9-12)17(21,22)23)15-6-2-4-10-3-1-5-14(10)15;1-3-5-4-2;1-2;/h2*1-9H;5H,3-4H2,1-2H3;1H,2H2;/q4*-1;+4. The Kier molecular flexibility index (Phi) is 16.5. The van der Waals surface area contributed by atoms with Crippen LogP contribution in [0.5, 0.6) is 0 Å². The number of halogens is 12. The first-order chi connectivity index (χ1) is 24.7. The zero-order valence-electron chi connectivity index (χ0n) is 28.7. The van der Waals surface area contributed by atoms with Gasteiger partial charge in [0.1, 0.15) is 0 Å². The number of hydrogen-bond donors (Lipinski definition) is 0. The van der Waals surface area contributed by atoms with Crippen LogP contribution in [0, 0.1) is 6.42 Å². The zero-order chi connectivity index (χ0) is 39.8. The molecule has 0 bridgehead atoms. The number of alkyl halides is 12. The van der Waals surface area contributed by atoms with Gasteiger partial charge in [-0.1, -0.05) is 37.1 Å². The Morgan fingerprint density at radius 3 is 1.04 bits per heavy atom. The predicted molar refractivity (Wildman–Crippen MR) is 189 cm³/mol. The van der Waals surface area contributed by atoms with Gasteiger partial charge in [-0.15, -0.1) is 57.9 Å². The molecule has 0 aliphatic heterocycles. The third-order valence-corrected chi connectivity index (χ3v) is 7.73. The predicted octanol–water partition coefficient (Wildman–Crippen LogP) is 13.5. The molecule has 6 aromatic carbocycles. The van der Waals surface area contributed by atoms with Gasteiger partial charge in [-0.25, -0.2) is 9.85 Å². The van der Waals surface area contributed by atoms with Crippen LogP contribution in [0.15, 0.2) is 109 Å². The minimum absolute atomic E-state index is 0. The number of benzene rings is 4. The van der Waals surface area contributed by atoms with E-state index in [0.29, 0.717) is 21.9 Å². The van der Waals surface area contributed by atoms with Crippen LogP contribution >= 0.6 is 0 Å². The van der Waals surface area contributed by atoms with Crippen LogP contribution in [0.4, 0.5) is 52.7 Å². The Hall–Kier alpha value is -3.78. The molecule has 6 aromatic rings. The Bertz CT molecular complexity index is 1870. The number of unbranched alkanes of at least 4 members (excludes halogenated alkanes) is 2. The van der Waals surface area contributed by atoms with Crippen molar-refractivity contribution in [1.82, 2.24) is 0 Å². The molecule has 0 nitrogen and oxygen atoms in total. The van der Waals surface area contributed by atoms with Gasteiger partial charge in [0.05, 0.1) is 22.3 Å². The molecule has 14 heteroatoms. The number of rotatable bonds is 4. The maximum atomic E-state index is 12.9. The van der Waals surface area contributed by atoms with E-state index in [4.69, 9.17) is 0 Å². The smallest absolute Gasteiger partial charge is 0.533 e. The second kappa shape index (κ2) is 19.2. The molecule has 0 atom stereocenters. The Morgan fingerprint density at radius 1 is 0.500 bits per heavy atom. The van der Waals surface area contributed by atoms with E-state index in [-0.39, 0.29) is 49.1 Å². The topological polar surface area (TPSA) is 0 Å². The van der Waals surface area contributed by atoms with Crippen LogP contribution in [-0.2, 0) is 50.5 Å². The van der Waals surface area contributed by atoms with E-state index in [1.54, 1.807) is 60.7 Å². The van der Waals surface area contributed by atoms with Crippen molar-refractivity contribution < 1.29 is 78.5 Å². The summed E-state index contributed by atoms with van der Waals surface area (Å²) >= 11 is 0. The molecule has 0 aliphatic rings. The maximum Gasteiger partial charge on any atom is 4.00 e. The van der Waals surface area contributed by atoms with E-state index >= 15 is 0 Å². The summed E-state index contributed by atoms with van der Waals surface area (Å²) < 4.78 is 155. The molecule has 0 radical (unpaired) electrons. The van der Waals surface area contributed by atoms with Crippen molar-refractivity contribution in [2.45, 2.75) is 51.4 Å². The molecule has 0 spiro atoms. The van der Waals surface area contributed by atoms with Crippen LogP contribution in [-0.4, -0.2) is 16.0 Å². The van der Waals surface area contributed by atoms with Gasteiger partial charge >= 0.3 is 50.5 Å². The van der Waals surface area contributed by atoms with Gasteiger partial charge in [-0.2, -0.15) is 89.8 Å². The minimum atomic E-state index is -4.85. The Morgan fingerprint density at radius 2 is 0.796 bits per heavy atom. The zero-order valence-corrected chi connectivity index (χ0v) is 33.7. The molecule has 284 valence electrons. The van der Waals surface area contributed by atoms with Gasteiger partial charge in [0.2, 0.25) is 0 Å². The summed E-state index contributed by atoms with van der Waals surface area (Å²) in [5.74, 6) is 0. The molecule has 0 amide bonds. The van der Waals surface area contributed by atoms with Gasteiger partial charge in [0.25, 0.3) is 0 Å². The molecular weight excluding hydrogens is 915 g/mol. The van der Waals surface area contributed by atoms with Crippen LogP contribution in [0.3, 0.4) is 0 Å². The molecule has 0 saturated heterocycles. The van der Waals surface area contributed by atoms with Crippen molar-refractivity contribution in [1.29, 1.82) is 0 Å². The van der Waals surface area contributed by atoms with Gasteiger partial charge in [-0.05, 0) is 47.5 Å². The summed E-state index contributed by atoms with van der Waals surface area (Å²) in [5.41, 5.74) is -4.80.